The SMILES string of the molecule is C[C@H](Nc1ncnc2scnc12)c1cc2scc(-c3cnn(C)c3)c2c(=O)n1-c1ccccc1.C[C@H](Nc1ncnc2scnc12)c1cc2scc(Cl)c2c(=O)n1-c1ccccc1.Cc1ccnc2cc(C(C)Nc3nccc4scnc34)n(-c3ccccc3)c(=O)c12.Cc1nsc2cc(C(C)Nc3ncnc4scnc34)n(-c3ccccc3)c(=O)c12. The number of benzene rings is 4. The Balaban J connectivity index is 0.000000111. The van der Waals surface area contributed by atoms with Crippen molar-refractivity contribution >= 4 is 197 Å². The van der Waals surface area contributed by atoms with Crippen LogP contribution in [-0.4, -0.2) is 92.2 Å². The van der Waals surface area contributed by atoms with Crippen LogP contribution in [0.2, 0.25) is 5.02 Å². The van der Waals surface area contributed by atoms with E-state index in [2.05, 4.69) is 96.6 Å². The number of thiazole rings is 4. The first-order chi connectivity index (χ1) is 59.5. The van der Waals surface area contributed by atoms with Crippen LogP contribution in [0.15, 0.2) is 253 Å². The Morgan fingerprint density at radius 2 is 0.787 bits per heavy atom. The lowest BCUT2D eigenvalue weighted by atomic mass is 10.1. The van der Waals surface area contributed by atoms with Crippen molar-refractivity contribution in [1.82, 2.24) is 92.2 Å². The fourth-order valence-electron chi connectivity index (χ4n) is 14.6. The van der Waals surface area contributed by atoms with Crippen molar-refractivity contribution in [3.05, 3.63) is 315 Å². The van der Waals surface area contributed by atoms with Crippen LogP contribution in [-0.2, 0) is 7.05 Å². The molecule has 0 saturated carbocycles. The Kier molecular flexibility index (Phi) is 22.4. The van der Waals surface area contributed by atoms with Crippen LogP contribution in [0, 0.1) is 13.8 Å². The van der Waals surface area contributed by atoms with Crippen LogP contribution in [0.5, 0.6) is 0 Å². The zero-order chi connectivity index (χ0) is 83.8. The van der Waals surface area contributed by atoms with Crippen molar-refractivity contribution in [1.29, 1.82) is 0 Å². The molecule has 0 aliphatic rings. The Morgan fingerprint density at radius 3 is 1.26 bits per heavy atom. The molecule has 2 unspecified atom stereocenters. The lowest BCUT2D eigenvalue weighted by Gasteiger charge is -2.21. The number of nitrogens with one attached hydrogen (secondary N) is 4. The molecule has 0 amide bonds. The molecule has 0 fully saturated rings. The second-order valence-corrected chi connectivity index (χ2v) is 34.6. The van der Waals surface area contributed by atoms with Gasteiger partial charge in [0.2, 0.25) is 0 Å². The summed E-state index contributed by atoms with van der Waals surface area (Å²) in [4.78, 5) is 109. The summed E-state index contributed by atoms with van der Waals surface area (Å²) in [5.74, 6) is 2.63. The molecule has 21 rings (SSSR count). The third kappa shape index (κ3) is 15.5. The molecule has 27 nitrogen and oxygen atoms in total. The maximum absolute atomic E-state index is 14.0. The summed E-state index contributed by atoms with van der Waals surface area (Å²) >= 11 is 16.7. The normalized spacial score (nSPS) is 12.4. The van der Waals surface area contributed by atoms with Crippen molar-refractivity contribution in [2.24, 2.45) is 7.05 Å². The highest BCUT2D eigenvalue weighted by Crippen LogP contribution is 2.38. The van der Waals surface area contributed by atoms with E-state index in [1.807, 2.05) is 217 Å². The Bertz CT molecular complexity index is 7500. The predicted molar refractivity (Wildman–Crippen MR) is 495 cm³/mol. The van der Waals surface area contributed by atoms with Crippen LogP contribution in [0.4, 0.5) is 23.3 Å². The van der Waals surface area contributed by atoms with Crippen LogP contribution in [0.25, 0.3) is 116 Å². The zero-order valence-corrected chi connectivity index (χ0v) is 72.2. The highest BCUT2D eigenvalue weighted by atomic mass is 35.5. The molecule has 21 aromatic rings. The first-order valence-electron chi connectivity index (χ1n) is 38.1. The van der Waals surface area contributed by atoms with Gasteiger partial charge in [0, 0.05) is 96.8 Å². The average Bonchev–Trinajstić information content (AvgIpc) is 1.35. The van der Waals surface area contributed by atoms with E-state index >= 15 is 0 Å². The summed E-state index contributed by atoms with van der Waals surface area (Å²) in [7, 11) is 1.87. The molecule has 0 bridgehead atoms. The molecule has 0 saturated heterocycles. The van der Waals surface area contributed by atoms with Gasteiger partial charge in [0.25, 0.3) is 22.2 Å². The van der Waals surface area contributed by atoms with Gasteiger partial charge < -0.3 is 21.3 Å². The van der Waals surface area contributed by atoms with Crippen molar-refractivity contribution < 1.29 is 0 Å². The molecule has 17 heterocycles. The number of rotatable bonds is 17. The number of aromatic nitrogens is 19. The second-order valence-electron chi connectivity index (χ2n) is 28.2. The van der Waals surface area contributed by atoms with Gasteiger partial charge in [-0.05, 0) is 144 Å². The summed E-state index contributed by atoms with van der Waals surface area (Å²) < 4.78 is 16.9. The highest BCUT2D eigenvalue weighted by molar-refractivity contribution is 7.19. The monoisotopic (exact) mass is 1760 g/mol. The highest BCUT2D eigenvalue weighted by Gasteiger charge is 2.27. The van der Waals surface area contributed by atoms with E-state index in [9.17, 15) is 19.2 Å². The molecule has 35 heteroatoms. The van der Waals surface area contributed by atoms with E-state index in [4.69, 9.17) is 11.6 Å². The van der Waals surface area contributed by atoms with Gasteiger partial charge in [-0.15, -0.1) is 68.0 Å². The van der Waals surface area contributed by atoms with Crippen molar-refractivity contribution in [3.8, 4) is 33.9 Å². The smallest absolute Gasteiger partial charge is 0.266 e. The number of nitrogens with zero attached hydrogens (tertiary/aromatic N) is 19. The third-order valence-electron chi connectivity index (χ3n) is 20.4. The van der Waals surface area contributed by atoms with Gasteiger partial charge in [-0.1, -0.05) is 84.4 Å². The molecule has 4 aromatic carbocycles. The van der Waals surface area contributed by atoms with Crippen molar-refractivity contribution in [2.45, 2.75) is 65.7 Å². The van der Waals surface area contributed by atoms with E-state index in [0.717, 1.165) is 123 Å². The number of fused-ring (bicyclic) bond motifs is 8. The van der Waals surface area contributed by atoms with Crippen LogP contribution >= 0.6 is 91.2 Å². The Hall–Kier alpha value is -13.5. The minimum Gasteiger partial charge on any atom is -0.360 e. The van der Waals surface area contributed by atoms with Gasteiger partial charge in [-0.25, -0.2) is 54.8 Å². The largest absolute Gasteiger partial charge is 0.360 e. The molecule has 0 aliphatic heterocycles. The molecule has 122 heavy (non-hydrogen) atoms. The fourth-order valence-corrected chi connectivity index (χ4v) is 20.2. The van der Waals surface area contributed by atoms with Gasteiger partial charge in [0.15, 0.2) is 23.3 Å². The number of hydrogen-bond acceptors (Lipinski definition) is 29. The van der Waals surface area contributed by atoms with Gasteiger partial charge in [-0.2, -0.15) is 9.47 Å². The fraction of sp³-hybridized carbons (Fsp3) is 0.126. The van der Waals surface area contributed by atoms with E-state index in [0.29, 0.717) is 55.4 Å². The maximum atomic E-state index is 14.0. The van der Waals surface area contributed by atoms with E-state index in [1.165, 1.54) is 75.9 Å². The van der Waals surface area contributed by atoms with Crippen LogP contribution in [0.1, 0.15) is 85.9 Å². The third-order valence-corrected chi connectivity index (χ3v) is 26.6. The summed E-state index contributed by atoms with van der Waals surface area (Å²) in [5, 5.41) is 24.9. The minimum atomic E-state index is -0.221. The summed E-state index contributed by atoms with van der Waals surface area (Å²) in [6.45, 7) is 11.9. The number of pyridine rings is 6. The lowest BCUT2D eigenvalue weighted by Crippen LogP contribution is -2.26. The van der Waals surface area contributed by atoms with Gasteiger partial charge in [-0.3, -0.25) is 47.1 Å². The van der Waals surface area contributed by atoms with Gasteiger partial charge >= 0.3 is 0 Å². The molecule has 604 valence electrons. The molecule has 0 spiro atoms. The Labute approximate surface area is 726 Å². The predicted octanol–water partition coefficient (Wildman–Crippen LogP) is 19.5. The van der Waals surface area contributed by atoms with Crippen molar-refractivity contribution in [3.63, 3.8) is 0 Å². The zero-order valence-electron chi connectivity index (χ0n) is 65.7. The quantitative estimate of drug-likeness (QED) is 0.0658. The topological polar surface area (TPSA) is 322 Å². The number of thiophene rings is 2. The van der Waals surface area contributed by atoms with E-state index in [-0.39, 0.29) is 46.4 Å². The summed E-state index contributed by atoms with van der Waals surface area (Å²) in [5.41, 5.74) is 20.4. The second kappa shape index (κ2) is 34.3. The molecule has 4 N–H and O–H groups in total. The minimum absolute atomic E-state index is 0.0612. The molecule has 0 radical (unpaired) electrons. The summed E-state index contributed by atoms with van der Waals surface area (Å²) in [6.07, 6.45) is 11.8. The maximum Gasteiger partial charge on any atom is 0.266 e. The molecule has 17 aromatic heterocycles. The molecular formula is C87H68ClN23O4S7. The first-order valence-corrected chi connectivity index (χ1v) is 44.5. The molecular weight excluding hydrogens is 1690 g/mol. The molecule has 4 atom stereocenters. The molecule has 0 aliphatic carbocycles. The average molecular weight is 1760 g/mol. The van der Waals surface area contributed by atoms with E-state index < -0.39 is 0 Å². The van der Waals surface area contributed by atoms with Gasteiger partial charge in [0.05, 0.1) is 105 Å². The van der Waals surface area contributed by atoms with Crippen LogP contribution in [0.3, 0.4) is 0 Å². The van der Waals surface area contributed by atoms with Gasteiger partial charge in [0.1, 0.15) is 55.5 Å². The number of hydrogen-bond donors (Lipinski definition) is 4. The first kappa shape index (κ1) is 79.7. The number of aryl methyl sites for hydroxylation is 3. The standard InChI is InChI=1S/C24H19N7OS2.C23H19N5OS.C20H14ClN5OS2.C20H16N6OS2/c1-14(29-22-21-23(26-12-25-22)34-13-27-21)18-8-19-20(17(11-33-19)15-9-28-30(2)10-15)24(32)31(18)16-6-4-3-5-7-16;1-14-8-10-24-17-12-18(28(23(29)20(14)17)16-6-4-3-5-7-16)15(2)27-22-21-19(9-11-25-22)30-13-26-21;1-11(25-18-17-19(23-9-22-18)29-10-24-17)14-7-15-16(13(21)8-28-15)20(27)26(14)12-5-3-2-4-6-12;1-11(24-18-17-19(22-9-21-18)28-10-23-17)14-8-15-16(12(2)25-29-15)20(27)26(14)13-6-4-3-5-7-13/h3-14H,1-2H3,(H,25,26,29);3-13,15H,1-2H3,(H,25,27);2-11H,1H3,(H,22,23,25);3-11H,1-2H3,(H,21,22,24)/t14-;;11-;/m0.0./s1. The Morgan fingerprint density at radius 1 is 0.385 bits per heavy atom. The number of anilines is 4. The number of halogens is 1. The lowest BCUT2D eigenvalue weighted by molar-refractivity contribution is 0.768. The van der Waals surface area contributed by atoms with Crippen LogP contribution < -0.4 is 43.5 Å². The summed E-state index contributed by atoms with van der Waals surface area (Å²) in [6, 6.07) is 49.7. The van der Waals surface area contributed by atoms with E-state index in [1.54, 1.807) is 86.1 Å². The van der Waals surface area contributed by atoms with Crippen molar-refractivity contribution in [2.75, 3.05) is 21.3 Å². The number of para-hydroxylation sites is 4.